The van der Waals surface area contributed by atoms with Crippen LogP contribution in [0.25, 0.3) is 0 Å². The molecule has 0 aliphatic heterocycles. The van der Waals surface area contributed by atoms with Crippen molar-refractivity contribution >= 4 is 17.3 Å². The fourth-order valence-corrected chi connectivity index (χ4v) is 2.62. The van der Waals surface area contributed by atoms with Crippen molar-refractivity contribution in [2.24, 2.45) is 0 Å². The van der Waals surface area contributed by atoms with E-state index in [1.165, 1.54) is 6.07 Å². The Bertz CT molecular complexity index is 510. The summed E-state index contributed by atoms with van der Waals surface area (Å²) in [5.41, 5.74) is 0.558. The normalized spacial score (nSPS) is 24.4. The van der Waals surface area contributed by atoms with Gasteiger partial charge in [-0.25, -0.2) is 0 Å². The van der Waals surface area contributed by atoms with Crippen molar-refractivity contribution < 1.29 is 19.1 Å². The Hall–Kier alpha value is -1.37. The van der Waals surface area contributed by atoms with Crippen LogP contribution in [0.2, 0.25) is 0 Å². The van der Waals surface area contributed by atoms with Gasteiger partial charge in [0.05, 0.1) is 29.1 Å². The number of ether oxygens (including phenoxy) is 3. The SMILES string of the molecule is COCCOC1C(Cl)CC1Oc1cccc([N+](=O)[O-])c1C. The van der Waals surface area contributed by atoms with Gasteiger partial charge in [0, 0.05) is 19.6 Å². The van der Waals surface area contributed by atoms with Crippen LogP contribution in [0.3, 0.4) is 0 Å². The molecular weight excluding hydrogens is 298 g/mol. The van der Waals surface area contributed by atoms with E-state index >= 15 is 0 Å². The van der Waals surface area contributed by atoms with Crippen molar-refractivity contribution in [1.29, 1.82) is 0 Å². The van der Waals surface area contributed by atoms with Crippen molar-refractivity contribution in [3.05, 3.63) is 33.9 Å². The smallest absolute Gasteiger partial charge is 0.276 e. The molecule has 6 nitrogen and oxygen atoms in total. The first-order valence-corrected chi connectivity index (χ1v) is 7.13. The number of nitrogens with zero attached hydrogens (tertiary/aromatic N) is 1. The maximum absolute atomic E-state index is 10.9. The molecule has 1 aromatic carbocycles. The van der Waals surface area contributed by atoms with Gasteiger partial charge in [0.25, 0.3) is 5.69 Å². The molecule has 1 aromatic rings. The first-order chi connectivity index (χ1) is 10.0. The van der Waals surface area contributed by atoms with Crippen molar-refractivity contribution in [2.45, 2.75) is 30.9 Å². The van der Waals surface area contributed by atoms with Crippen LogP contribution in [0.5, 0.6) is 5.75 Å². The van der Waals surface area contributed by atoms with E-state index < -0.39 is 4.92 Å². The molecule has 1 saturated carbocycles. The highest BCUT2D eigenvalue weighted by Crippen LogP contribution is 2.35. The molecular formula is C14H18ClNO5. The molecule has 1 aliphatic rings. The van der Waals surface area contributed by atoms with Crippen LogP contribution in [0, 0.1) is 17.0 Å². The number of alkyl halides is 1. The highest BCUT2D eigenvalue weighted by atomic mass is 35.5. The lowest BCUT2D eigenvalue weighted by atomic mass is 9.90. The van der Waals surface area contributed by atoms with Crippen molar-refractivity contribution in [3.63, 3.8) is 0 Å². The molecule has 0 saturated heterocycles. The lowest BCUT2D eigenvalue weighted by molar-refractivity contribution is -0.385. The third-order valence-corrected chi connectivity index (χ3v) is 3.94. The third-order valence-electron chi connectivity index (χ3n) is 3.51. The van der Waals surface area contributed by atoms with Crippen LogP contribution in [0.1, 0.15) is 12.0 Å². The second-order valence-corrected chi connectivity index (χ2v) is 5.45. The fraction of sp³-hybridized carbons (Fsp3) is 0.571. The van der Waals surface area contributed by atoms with Crippen LogP contribution in [-0.2, 0) is 9.47 Å². The van der Waals surface area contributed by atoms with Crippen LogP contribution in [0.4, 0.5) is 5.69 Å². The minimum absolute atomic E-state index is 0.0473. The summed E-state index contributed by atoms with van der Waals surface area (Å²) in [6.45, 7) is 2.60. The summed E-state index contributed by atoms with van der Waals surface area (Å²) >= 11 is 6.12. The molecule has 1 aliphatic carbocycles. The molecule has 3 unspecified atom stereocenters. The van der Waals surface area contributed by atoms with Crippen LogP contribution < -0.4 is 4.74 Å². The molecule has 7 heteroatoms. The molecule has 21 heavy (non-hydrogen) atoms. The van der Waals surface area contributed by atoms with Gasteiger partial charge in [0.2, 0.25) is 0 Å². The Morgan fingerprint density at radius 2 is 2.19 bits per heavy atom. The van der Waals surface area contributed by atoms with Crippen molar-refractivity contribution in [3.8, 4) is 5.75 Å². The summed E-state index contributed by atoms with van der Waals surface area (Å²) in [4.78, 5) is 10.5. The molecule has 2 rings (SSSR count). The zero-order valence-corrected chi connectivity index (χ0v) is 12.7. The van der Waals surface area contributed by atoms with E-state index in [4.69, 9.17) is 25.8 Å². The van der Waals surface area contributed by atoms with Gasteiger partial charge in [-0.05, 0) is 13.0 Å². The lowest BCUT2D eigenvalue weighted by Crippen LogP contribution is -2.53. The van der Waals surface area contributed by atoms with Crippen LogP contribution >= 0.6 is 11.6 Å². The van der Waals surface area contributed by atoms with E-state index in [0.717, 1.165) is 0 Å². The molecule has 0 amide bonds. The topological polar surface area (TPSA) is 70.8 Å². The average Bonchev–Trinajstić information content (AvgIpc) is 2.44. The summed E-state index contributed by atoms with van der Waals surface area (Å²) in [5.74, 6) is 0.498. The number of hydrogen-bond acceptors (Lipinski definition) is 5. The molecule has 1 fully saturated rings. The van der Waals surface area contributed by atoms with E-state index in [1.54, 1.807) is 26.2 Å². The van der Waals surface area contributed by atoms with Crippen LogP contribution in [0.15, 0.2) is 18.2 Å². The molecule has 0 bridgehead atoms. The number of rotatable bonds is 7. The largest absolute Gasteiger partial charge is 0.487 e. The number of nitro groups is 1. The Morgan fingerprint density at radius 3 is 2.81 bits per heavy atom. The minimum Gasteiger partial charge on any atom is -0.487 e. The lowest BCUT2D eigenvalue weighted by Gasteiger charge is -2.40. The van der Waals surface area contributed by atoms with E-state index in [1.807, 2.05) is 0 Å². The number of nitro benzene ring substituents is 1. The number of halogens is 1. The van der Waals surface area contributed by atoms with Gasteiger partial charge in [-0.1, -0.05) is 6.07 Å². The second kappa shape index (κ2) is 7.06. The predicted molar refractivity (Wildman–Crippen MR) is 78.1 cm³/mol. The van der Waals surface area contributed by atoms with E-state index in [-0.39, 0.29) is 23.3 Å². The van der Waals surface area contributed by atoms with Gasteiger partial charge in [0.1, 0.15) is 18.0 Å². The monoisotopic (exact) mass is 315 g/mol. The zero-order chi connectivity index (χ0) is 15.4. The molecule has 0 radical (unpaired) electrons. The second-order valence-electron chi connectivity index (χ2n) is 4.89. The van der Waals surface area contributed by atoms with Gasteiger partial charge in [-0.3, -0.25) is 10.1 Å². The Kier molecular flexibility index (Phi) is 5.39. The molecule has 116 valence electrons. The maximum atomic E-state index is 10.9. The van der Waals surface area contributed by atoms with Gasteiger partial charge in [-0.2, -0.15) is 0 Å². The molecule has 0 N–H and O–H groups in total. The summed E-state index contributed by atoms with van der Waals surface area (Å²) < 4.78 is 16.4. The Labute approximate surface area is 128 Å². The highest BCUT2D eigenvalue weighted by molar-refractivity contribution is 6.21. The van der Waals surface area contributed by atoms with Crippen LogP contribution in [-0.4, -0.2) is 42.8 Å². The zero-order valence-electron chi connectivity index (χ0n) is 12.0. The first kappa shape index (κ1) is 16.0. The van der Waals surface area contributed by atoms with E-state index in [2.05, 4.69) is 0 Å². The molecule has 0 aromatic heterocycles. The number of benzene rings is 1. The van der Waals surface area contributed by atoms with E-state index in [9.17, 15) is 10.1 Å². The quantitative estimate of drug-likeness (QED) is 0.335. The number of methoxy groups -OCH3 is 1. The van der Waals surface area contributed by atoms with Crippen molar-refractivity contribution in [1.82, 2.24) is 0 Å². The van der Waals surface area contributed by atoms with Gasteiger partial charge in [-0.15, -0.1) is 11.6 Å². The molecule has 0 heterocycles. The fourth-order valence-electron chi connectivity index (χ4n) is 2.21. The minimum atomic E-state index is -0.417. The maximum Gasteiger partial charge on any atom is 0.276 e. The predicted octanol–water partition coefficient (Wildman–Crippen LogP) is 2.69. The third kappa shape index (κ3) is 3.64. The molecule has 3 atom stereocenters. The summed E-state index contributed by atoms with van der Waals surface area (Å²) in [6.07, 6.45) is 0.243. The van der Waals surface area contributed by atoms with Gasteiger partial charge < -0.3 is 14.2 Å². The summed E-state index contributed by atoms with van der Waals surface area (Å²) in [5, 5.41) is 10.8. The van der Waals surface area contributed by atoms with Gasteiger partial charge >= 0.3 is 0 Å². The van der Waals surface area contributed by atoms with E-state index in [0.29, 0.717) is 30.9 Å². The average molecular weight is 316 g/mol. The Balaban J connectivity index is 2.01. The van der Waals surface area contributed by atoms with Gasteiger partial charge in [0.15, 0.2) is 0 Å². The standard InChI is InChI=1S/C14H18ClNO5/c1-9-11(16(17)18)4-3-5-12(9)21-13-8-10(15)14(13)20-7-6-19-2/h3-5,10,13-14H,6-8H2,1-2H3. The summed E-state index contributed by atoms with van der Waals surface area (Å²) in [6, 6.07) is 4.79. The van der Waals surface area contributed by atoms with Crippen molar-refractivity contribution in [2.75, 3.05) is 20.3 Å². The highest BCUT2D eigenvalue weighted by Gasteiger charge is 2.43. The first-order valence-electron chi connectivity index (χ1n) is 6.70. The number of hydrogen-bond donors (Lipinski definition) is 0. The molecule has 0 spiro atoms. The summed E-state index contributed by atoms with van der Waals surface area (Å²) in [7, 11) is 1.60. The Morgan fingerprint density at radius 1 is 1.43 bits per heavy atom.